The van der Waals surface area contributed by atoms with Gasteiger partial charge in [-0.15, -0.1) is 0 Å². The molecular weight excluding hydrogens is 261 g/mol. The van der Waals surface area contributed by atoms with Crippen LogP contribution < -0.4 is 5.32 Å². The van der Waals surface area contributed by atoms with Crippen LogP contribution in [0.5, 0.6) is 0 Å². The van der Waals surface area contributed by atoms with E-state index < -0.39 is 0 Å². The van der Waals surface area contributed by atoms with Crippen molar-refractivity contribution in [2.75, 3.05) is 5.32 Å². The minimum absolute atomic E-state index is 0.139. The van der Waals surface area contributed by atoms with E-state index in [0.29, 0.717) is 22.6 Å². The van der Waals surface area contributed by atoms with Gasteiger partial charge in [0.15, 0.2) is 5.82 Å². The summed E-state index contributed by atoms with van der Waals surface area (Å²) in [6.07, 6.45) is 1.44. The average Bonchev–Trinajstić information content (AvgIpc) is 2.72. The molecule has 7 heteroatoms. The second-order valence-electron chi connectivity index (χ2n) is 3.82. The molecule has 0 aliphatic carbocycles. The first kappa shape index (κ1) is 12.1. The summed E-state index contributed by atoms with van der Waals surface area (Å²) in [5.74, 6) is 1.52. The summed E-state index contributed by atoms with van der Waals surface area (Å²) < 4.78 is 0. The zero-order valence-electron chi connectivity index (χ0n) is 9.33. The van der Waals surface area contributed by atoms with Crippen molar-refractivity contribution < 1.29 is 0 Å². The Labute approximate surface area is 109 Å². The third-order valence-corrected chi connectivity index (χ3v) is 2.62. The lowest BCUT2D eigenvalue weighted by atomic mass is 10.1. The quantitative estimate of drug-likeness (QED) is 0.840. The van der Waals surface area contributed by atoms with Gasteiger partial charge in [-0.25, -0.2) is 4.98 Å². The van der Waals surface area contributed by atoms with Crippen LogP contribution in [0.15, 0.2) is 12.3 Å². The number of aromatic amines is 1. The molecule has 0 aliphatic heterocycles. The summed E-state index contributed by atoms with van der Waals surface area (Å²) in [5.41, 5.74) is 0.962. The lowest BCUT2D eigenvalue weighted by Crippen LogP contribution is -1.96. The van der Waals surface area contributed by atoms with Gasteiger partial charge in [0, 0.05) is 6.07 Å². The molecular formula is C10H11Cl2N5. The molecule has 0 spiro atoms. The van der Waals surface area contributed by atoms with Gasteiger partial charge in [0.25, 0.3) is 0 Å². The number of nitrogens with zero attached hydrogens (tertiary/aromatic N) is 3. The molecule has 5 nitrogen and oxygen atoms in total. The van der Waals surface area contributed by atoms with Crippen LogP contribution in [0.1, 0.15) is 25.5 Å². The SMILES string of the molecule is CC(C)c1cc(Nc2nc(Cl)ncc2Cl)[nH]n1. The molecule has 0 saturated heterocycles. The van der Waals surface area contributed by atoms with E-state index >= 15 is 0 Å². The maximum Gasteiger partial charge on any atom is 0.224 e. The molecule has 90 valence electrons. The predicted octanol–water partition coefficient (Wildman–Crippen LogP) is 3.37. The Bertz CT molecular complexity index is 523. The minimum atomic E-state index is 0.139. The summed E-state index contributed by atoms with van der Waals surface area (Å²) >= 11 is 11.6. The molecule has 2 N–H and O–H groups in total. The monoisotopic (exact) mass is 271 g/mol. The second-order valence-corrected chi connectivity index (χ2v) is 4.57. The van der Waals surface area contributed by atoms with Crippen LogP contribution in [0.2, 0.25) is 10.3 Å². The second kappa shape index (κ2) is 4.89. The third kappa shape index (κ3) is 2.87. The highest BCUT2D eigenvalue weighted by atomic mass is 35.5. The lowest BCUT2D eigenvalue weighted by Gasteiger charge is -2.04. The number of hydrogen-bond acceptors (Lipinski definition) is 4. The fourth-order valence-corrected chi connectivity index (χ4v) is 1.53. The Morgan fingerprint density at radius 1 is 1.35 bits per heavy atom. The summed E-state index contributed by atoms with van der Waals surface area (Å²) in [7, 11) is 0. The standard InChI is InChI=1S/C10H11Cl2N5/c1-5(2)7-3-8(17-16-7)14-9-6(11)4-13-10(12)15-9/h3-5H,1-2H3,(H2,13,14,15,16,17). The first-order chi connectivity index (χ1) is 8.06. The van der Waals surface area contributed by atoms with E-state index in [4.69, 9.17) is 23.2 Å². The van der Waals surface area contributed by atoms with Gasteiger partial charge in [-0.05, 0) is 17.5 Å². The van der Waals surface area contributed by atoms with Gasteiger partial charge >= 0.3 is 0 Å². The molecule has 0 aliphatic rings. The van der Waals surface area contributed by atoms with Crippen molar-refractivity contribution in [3.05, 3.63) is 28.3 Å². The number of anilines is 2. The van der Waals surface area contributed by atoms with Crippen LogP contribution in [-0.4, -0.2) is 20.2 Å². The minimum Gasteiger partial charge on any atom is -0.324 e. The van der Waals surface area contributed by atoms with E-state index in [1.165, 1.54) is 6.20 Å². The van der Waals surface area contributed by atoms with Gasteiger partial charge in [-0.1, -0.05) is 25.4 Å². The first-order valence-electron chi connectivity index (χ1n) is 5.06. The van der Waals surface area contributed by atoms with Crippen LogP contribution >= 0.6 is 23.2 Å². The molecule has 2 rings (SSSR count). The van der Waals surface area contributed by atoms with Gasteiger partial charge in [0.05, 0.1) is 11.9 Å². The van der Waals surface area contributed by atoms with Gasteiger partial charge in [0.2, 0.25) is 5.28 Å². The third-order valence-electron chi connectivity index (χ3n) is 2.16. The molecule has 0 aromatic carbocycles. The maximum atomic E-state index is 5.94. The Morgan fingerprint density at radius 2 is 2.12 bits per heavy atom. The predicted molar refractivity (Wildman–Crippen MR) is 68.0 cm³/mol. The number of nitrogens with one attached hydrogen (secondary N) is 2. The summed E-state index contributed by atoms with van der Waals surface area (Å²) in [4.78, 5) is 7.76. The Balaban J connectivity index is 2.22. The van der Waals surface area contributed by atoms with Gasteiger partial charge in [-0.3, -0.25) is 5.10 Å². The largest absolute Gasteiger partial charge is 0.324 e. The van der Waals surface area contributed by atoms with Gasteiger partial charge in [-0.2, -0.15) is 10.1 Å². The van der Waals surface area contributed by atoms with Crippen molar-refractivity contribution in [1.82, 2.24) is 20.2 Å². The van der Waals surface area contributed by atoms with E-state index in [-0.39, 0.29) is 5.28 Å². The highest BCUT2D eigenvalue weighted by Gasteiger charge is 2.08. The van der Waals surface area contributed by atoms with Crippen molar-refractivity contribution in [2.45, 2.75) is 19.8 Å². The molecule has 0 bridgehead atoms. The van der Waals surface area contributed by atoms with Crippen LogP contribution in [-0.2, 0) is 0 Å². The molecule has 2 aromatic rings. The van der Waals surface area contributed by atoms with Crippen LogP contribution in [0.4, 0.5) is 11.6 Å². The highest BCUT2D eigenvalue weighted by Crippen LogP contribution is 2.24. The zero-order valence-corrected chi connectivity index (χ0v) is 10.8. The molecule has 2 heterocycles. The average molecular weight is 272 g/mol. The van der Waals surface area contributed by atoms with Gasteiger partial charge < -0.3 is 5.32 Å². The molecule has 0 atom stereocenters. The van der Waals surface area contributed by atoms with Crippen molar-refractivity contribution in [3.63, 3.8) is 0 Å². The Kier molecular flexibility index (Phi) is 3.49. The van der Waals surface area contributed by atoms with Crippen molar-refractivity contribution in [1.29, 1.82) is 0 Å². The fourth-order valence-electron chi connectivity index (χ4n) is 1.26. The number of hydrogen-bond donors (Lipinski definition) is 2. The van der Waals surface area contributed by atoms with Gasteiger partial charge in [0.1, 0.15) is 10.8 Å². The lowest BCUT2D eigenvalue weighted by molar-refractivity contribution is 0.811. The summed E-state index contributed by atoms with van der Waals surface area (Å²) in [6.45, 7) is 4.13. The van der Waals surface area contributed by atoms with Crippen molar-refractivity contribution >= 4 is 34.8 Å². The number of halogens is 2. The molecule has 0 unspecified atom stereocenters. The number of aromatic nitrogens is 4. The van der Waals surface area contributed by atoms with E-state index in [9.17, 15) is 0 Å². The topological polar surface area (TPSA) is 66.5 Å². The molecule has 0 saturated carbocycles. The number of H-pyrrole nitrogens is 1. The van der Waals surface area contributed by atoms with E-state index in [1.54, 1.807) is 0 Å². The van der Waals surface area contributed by atoms with Crippen LogP contribution in [0.25, 0.3) is 0 Å². The molecule has 2 aromatic heterocycles. The molecule has 0 amide bonds. The molecule has 0 fully saturated rings. The zero-order chi connectivity index (χ0) is 12.4. The van der Waals surface area contributed by atoms with Crippen LogP contribution in [0.3, 0.4) is 0 Å². The maximum absolute atomic E-state index is 5.94. The number of rotatable bonds is 3. The first-order valence-corrected chi connectivity index (χ1v) is 5.82. The summed E-state index contributed by atoms with van der Waals surface area (Å²) in [6, 6.07) is 1.90. The van der Waals surface area contributed by atoms with E-state index in [1.807, 2.05) is 6.07 Å². The van der Waals surface area contributed by atoms with E-state index in [2.05, 4.69) is 39.3 Å². The Hall–Kier alpha value is -1.33. The normalized spacial score (nSPS) is 10.9. The van der Waals surface area contributed by atoms with Crippen molar-refractivity contribution in [2.24, 2.45) is 0 Å². The highest BCUT2D eigenvalue weighted by molar-refractivity contribution is 6.33. The fraction of sp³-hybridized carbons (Fsp3) is 0.300. The molecule has 17 heavy (non-hydrogen) atoms. The molecule has 0 radical (unpaired) electrons. The van der Waals surface area contributed by atoms with Crippen LogP contribution in [0, 0.1) is 0 Å². The van der Waals surface area contributed by atoms with E-state index in [0.717, 1.165) is 5.69 Å². The Morgan fingerprint density at radius 3 is 2.76 bits per heavy atom. The summed E-state index contributed by atoms with van der Waals surface area (Å²) in [5, 5.41) is 10.6. The smallest absolute Gasteiger partial charge is 0.224 e. The van der Waals surface area contributed by atoms with Crippen molar-refractivity contribution in [3.8, 4) is 0 Å².